The van der Waals surface area contributed by atoms with Gasteiger partial charge in [-0.3, -0.25) is 4.79 Å². The SMILES string of the molecule is CC(Oc1ccc([C@H](C)O)cc1)C(N)=O. The molecule has 0 aliphatic carbocycles. The van der Waals surface area contributed by atoms with Gasteiger partial charge in [0.2, 0.25) is 0 Å². The van der Waals surface area contributed by atoms with Crippen LogP contribution in [-0.4, -0.2) is 17.1 Å². The topological polar surface area (TPSA) is 72.6 Å². The smallest absolute Gasteiger partial charge is 0.258 e. The van der Waals surface area contributed by atoms with Crippen molar-refractivity contribution in [3.05, 3.63) is 29.8 Å². The third-order valence-electron chi connectivity index (χ3n) is 2.08. The first-order chi connectivity index (χ1) is 7.00. The van der Waals surface area contributed by atoms with E-state index in [4.69, 9.17) is 10.5 Å². The third-order valence-corrected chi connectivity index (χ3v) is 2.08. The van der Waals surface area contributed by atoms with Crippen LogP contribution in [0.1, 0.15) is 25.5 Å². The van der Waals surface area contributed by atoms with Crippen LogP contribution in [-0.2, 0) is 4.79 Å². The van der Waals surface area contributed by atoms with Crippen LogP contribution in [0, 0.1) is 0 Å². The Bertz CT molecular complexity index is 332. The fourth-order valence-electron chi connectivity index (χ4n) is 1.09. The Morgan fingerprint density at radius 2 is 1.87 bits per heavy atom. The number of hydrogen-bond donors (Lipinski definition) is 2. The van der Waals surface area contributed by atoms with Crippen molar-refractivity contribution in [3.63, 3.8) is 0 Å². The predicted molar refractivity (Wildman–Crippen MR) is 56.4 cm³/mol. The number of primary amides is 1. The van der Waals surface area contributed by atoms with Crippen LogP contribution in [0.25, 0.3) is 0 Å². The van der Waals surface area contributed by atoms with E-state index in [9.17, 15) is 9.90 Å². The molecule has 1 aromatic rings. The van der Waals surface area contributed by atoms with Gasteiger partial charge in [0.1, 0.15) is 5.75 Å². The first-order valence-corrected chi connectivity index (χ1v) is 4.74. The van der Waals surface area contributed by atoms with E-state index < -0.39 is 18.1 Å². The number of nitrogens with two attached hydrogens (primary N) is 1. The lowest BCUT2D eigenvalue weighted by atomic mass is 10.1. The predicted octanol–water partition coefficient (Wildman–Crippen LogP) is 0.992. The van der Waals surface area contributed by atoms with Gasteiger partial charge >= 0.3 is 0 Å². The van der Waals surface area contributed by atoms with Gasteiger partial charge in [0.15, 0.2) is 6.10 Å². The van der Waals surface area contributed by atoms with Crippen molar-refractivity contribution >= 4 is 5.91 Å². The van der Waals surface area contributed by atoms with Gasteiger partial charge in [-0.15, -0.1) is 0 Å². The van der Waals surface area contributed by atoms with Crippen LogP contribution in [0.5, 0.6) is 5.75 Å². The molecule has 1 aromatic carbocycles. The molecule has 0 heterocycles. The van der Waals surface area contributed by atoms with Crippen LogP contribution in [0.3, 0.4) is 0 Å². The molecular weight excluding hydrogens is 194 g/mol. The van der Waals surface area contributed by atoms with Crippen molar-refractivity contribution in [3.8, 4) is 5.75 Å². The summed E-state index contributed by atoms with van der Waals surface area (Å²) in [5.41, 5.74) is 5.86. The van der Waals surface area contributed by atoms with Crippen molar-refractivity contribution in [2.45, 2.75) is 26.1 Å². The van der Waals surface area contributed by atoms with Gasteiger partial charge in [-0.25, -0.2) is 0 Å². The summed E-state index contributed by atoms with van der Waals surface area (Å²) in [5, 5.41) is 9.27. The molecule has 0 saturated heterocycles. The lowest BCUT2D eigenvalue weighted by molar-refractivity contribution is -0.123. The number of aliphatic hydroxyl groups excluding tert-OH is 1. The minimum Gasteiger partial charge on any atom is -0.481 e. The van der Waals surface area contributed by atoms with E-state index in [2.05, 4.69) is 0 Å². The van der Waals surface area contributed by atoms with Crippen molar-refractivity contribution in [2.24, 2.45) is 5.73 Å². The van der Waals surface area contributed by atoms with Gasteiger partial charge in [-0.2, -0.15) is 0 Å². The van der Waals surface area contributed by atoms with E-state index in [0.717, 1.165) is 5.56 Å². The molecule has 82 valence electrons. The normalized spacial score (nSPS) is 14.3. The van der Waals surface area contributed by atoms with E-state index in [1.54, 1.807) is 38.1 Å². The fourth-order valence-corrected chi connectivity index (χ4v) is 1.09. The zero-order valence-electron chi connectivity index (χ0n) is 8.81. The van der Waals surface area contributed by atoms with Crippen LogP contribution < -0.4 is 10.5 Å². The summed E-state index contributed by atoms with van der Waals surface area (Å²) >= 11 is 0. The van der Waals surface area contributed by atoms with Crippen molar-refractivity contribution in [1.82, 2.24) is 0 Å². The van der Waals surface area contributed by atoms with Crippen LogP contribution in [0.2, 0.25) is 0 Å². The summed E-state index contributed by atoms with van der Waals surface area (Å²) in [6, 6.07) is 6.88. The zero-order valence-corrected chi connectivity index (χ0v) is 8.81. The number of carbonyl (C=O) groups is 1. The molecule has 0 fully saturated rings. The average Bonchev–Trinajstić information content (AvgIpc) is 2.18. The molecule has 0 bridgehead atoms. The molecule has 0 radical (unpaired) electrons. The maximum atomic E-state index is 10.7. The molecule has 0 aromatic heterocycles. The summed E-state index contributed by atoms with van der Waals surface area (Å²) < 4.78 is 5.25. The number of ether oxygens (including phenoxy) is 1. The number of hydrogen-bond acceptors (Lipinski definition) is 3. The molecule has 0 aliphatic rings. The highest BCUT2D eigenvalue weighted by Gasteiger charge is 2.10. The van der Waals surface area contributed by atoms with E-state index in [0.29, 0.717) is 5.75 Å². The summed E-state index contributed by atoms with van der Waals surface area (Å²) in [6.45, 7) is 3.27. The minimum absolute atomic E-state index is 0.505. The Kier molecular flexibility index (Phi) is 3.68. The first-order valence-electron chi connectivity index (χ1n) is 4.74. The molecule has 1 unspecified atom stereocenters. The molecule has 1 amide bonds. The van der Waals surface area contributed by atoms with E-state index in [-0.39, 0.29) is 0 Å². The summed E-state index contributed by atoms with van der Waals surface area (Å²) in [5.74, 6) is 0.0558. The number of carbonyl (C=O) groups excluding carboxylic acids is 1. The van der Waals surface area contributed by atoms with E-state index >= 15 is 0 Å². The van der Waals surface area contributed by atoms with Gasteiger partial charge in [-0.05, 0) is 31.5 Å². The molecule has 3 N–H and O–H groups in total. The third kappa shape index (κ3) is 3.25. The Morgan fingerprint density at radius 1 is 1.33 bits per heavy atom. The standard InChI is InChI=1S/C11H15NO3/c1-7(13)9-3-5-10(6-4-9)15-8(2)11(12)14/h3-8,13H,1-2H3,(H2,12,14)/t7-,8?/m0/s1. The number of rotatable bonds is 4. The lowest BCUT2D eigenvalue weighted by Crippen LogP contribution is -2.30. The number of amides is 1. The van der Waals surface area contributed by atoms with Crippen LogP contribution in [0.4, 0.5) is 0 Å². The highest BCUT2D eigenvalue weighted by Crippen LogP contribution is 2.18. The van der Waals surface area contributed by atoms with Gasteiger partial charge in [-0.1, -0.05) is 12.1 Å². The van der Waals surface area contributed by atoms with Crippen LogP contribution in [0.15, 0.2) is 24.3 Å². The second kappa shape index (κ2) is 4.79. The lowest BCUT2D eigenvalue weighted by Gasteiger charge is -2.12. The number of aliphatic hydroxyl groups is 1. The monoisotopic (exact) mass is 209 g/mol. The maximum Gasteiger partial charge on any atom is 0.258 e. The Balaban J connectivity index is 2.68. The molecule has 4 heteroatoms. The molecular formula is C11H15NO3. The molecule has 0 aliphatic heterocycles. The average molecular weight is 209 g/mol. The minimum atomic E-state index is -0.651. The van der Waals surface area contributed by atoms with Crippen molar-refractivity contribution < 1.29 is 14.6 Å². The first kappa shape index (κ1) is 11.5. The molecule has 1 rings (SSSR count). The molecule has 15 heavy (non-hydrogen) atoms. The maximum absolute atomic E-state index is 10.7. The van der Waals surface area contributed by atoms with Gasteiger partial charge in [0.05, 0.1) is 6.10 Å². The van der Waals surface area contributed by atoms with Crippen molar-refractivity contribution in [2.75, 3.05) is 0 Å². The van der Waals surface area contributed by atoms with E-state index in [1.807, 2.05) is 0 Å². The number of benzene rings is 1. The Labute approximate surface area is 88.7 Å². The molecule has 4 nitrogen and oxygen atoms in total. The summed E-state index contributed by atoms with van der Waals surface area (Å²) in [7, 11) is 0. The Hall–Kier alpha value is -1.55. The van der Waals surface area contributed by atoms with Crippen LogP contribution >= 0.6 is 0 Å². The van der Waals surface area contributed by atoms with Gasteiger partial charge < -0.3 is 15.6 Å². The quantitative estimate of drug-likeness (QED) is 0.776. The highest BCUT2D eigenvalue weighted by atomic mass is 16.5. The Morgan fingerprint density at radius 3 is 2.27 bits per heavy atom. The largest absolute Gasteiger partial charge is 0.481 e. The van der Waals surface area contributed by atoms with Gasteiger partial charge in [0.25, 0.3) is 5.91 Å². The molecule has 0 saturated carbocycles. The van der Waals surface area contributed by atoms with Gasteiger partial charge in [0, 0.05) is 0 Å². The molecule has 0 spiro atoms. The second-order valence-corrected chi connectivity index (χ2v) is 3.41. The van der Waals surface area contributed by atoms with Crippen molar-refractivity contribution in [1.29, 1.82) is 0 Å². The molecule has 2 atom stereocenters. The summed E-state index contributed by atoms with van der Waals surface area (Å²) in [4.78, 5) is 10.7. The second-order valence-electron chi connectivity index (χ2n) is 3.41. The highest BCUT2D eigenvalue weighted by molar-refractivity contribution is 5.78. The fraction of sp³-hybridized carbons (Fsp3) is 0.364. The summed E-state index contributed by atoms with van der Waals surface area (Å²) in [6.07, 6.45) is -1.16. The zero-order chi connectivity index (χ0) is 11.4. The van der Waals surface area contributed by atoms with E-state index in [1.165, 1.54) is 0 Å².